The normalized spacial score (nSPS) is 17.9. The first-order valence-corrected chi connectivity index (χ1v) is 16.9. The fourth-order valence-corrected chi connectivity index (χ4v) is 7.15. The summed E-state index contributed by atoms with van der Waals surface area (Å²) in [6, 6.07) is 24.4. The number of hydrogen-bond donors (Lipinski definition) is 4. The fraction of sp³-hybridized carbons (Fsp3) is 0.289. The lowest BCUT2D eigenvalue weighted by Gasteiger charge is -2.28. The van der Waals surface area contributed by atoms with Crippen molar-refractivity contribution in [3.63, 3.8) is 0 Å². The fourth-order valence-electron chi connectivity index (χ4n) is 7.15. The number of imidazole rings is 2. The van der Waals surface area contributed by atoms with Crippen molar-refractivity contribution in [1.29, 1.82) is 0 Å². The first-order chi connectivity index (χ1) is 24.4. The zero-order valence-corrected chi connectivity index (χ0v) is 27.8. The van der Waals surface area contributed by atoms with Crippen LogP contribution in [-0.4, -0.2) is 74.4 Å². The predicted molar refractivity (Wildman–Crippen MR) is 188 cm³/mol. The number of ether oxygens (including phenoxy) is 1. The Balaban J connectivity index is 1.10. The first-order valence-electron chi connectivity index (χ1n) is 16.9. The Bertz CT molecular complexity index is 1970. The number of nitrogens with zero attached hydrogens (tertiary/aromatic N) is 4. The number of likely N-dealkylation sites (tertiary alicyclic amines) is 2. The number of amides is 3. The van der Waals surface area contributed by atoms with Crippen LogP contribution in [0.1, 0.15) is 61.0 Å². The summed E-state index contributed by atoms with van der Waals surface area (Å²) in [5.41, 5.74) is 12.1. The molecule has 0 saturated carbocycles. The lowest BCUT2D eigenvalue weighted by Crippen LogP contribution is -2.42. The molecule has 12 nitrogen and oxygen atoms in total. The summed E-state index contributed by atoms with van der Waals surface area (Å²) < 4.78 is 4.83. The molecule has 0 spiro atoms. The van der Waals surface area contributed by atoms with Crippen LogP contribution in [0.4, 0.5) is 4.79 Å². The van der Waals surface area contributed by atoms with Crippen molar-refractivity contribution in [3.05, 3.63) is 108 Å². The molecule has 5 aromatic rings. The van der Waals surface area contributed by atoms with Crippen LogP contribution in [0.3, 0.4) is 0 Å². The van der Waals surface area contributed by atoms with Crippen molar-refractivity contribution in [2.75, 3.05) is 26.7 Å². The molecular weight excluding hydrogens is 632 g/mol. The SMILES string of the molecule is COC(=O)N[C@@H](C(=O)N1CCC[C@H]1c1ncc(-c2ccccc2-c2ccc(-c3cnc([C@@H]4CCCN4C(=O)CN)[nH]3)cc2)[nH]1)c1ccccc1. The number of H-pyrrole nitrogens is 2. The molecule has 2 aromatic heterocycles. The smallest absolute Gasteiger partial charge is 0.407 e. The topological polar surface area (TPSA) is 162 Å². The Morgan fingerprint density at radius 3 is 2.06 bits per heavy atom. The number of benzene rings is 3. The maximum Gasteiger partial charge on any atom is 0.407 e. The number of aromatic amines is 2. The van der Waals surface area contributed by atoms with Crippen molar-refractivity contribution in [3.8, 4) is 33.6 Å². The van der Waals surface area contributed by atoms with E-state index in [1.165, 1.54) is 7.11 Å². The van der Waals surface area contributed by atoms with Gasteiger partial charge in [0, 0.05) is 18.7 Å². The van der Waals surface area contributed by atoms with E-state index in [0.29, 0.717) is 24.5 Å². The molecule has 2 saturated heterocycles. The van der Waals surface area contributed by atoms with Crippen LogP contribution in [0.5, 0.6) is 0 Å². The summed E-state index contributed by atoms with van der Waals surface area (Å²) in [7, 11) is 1.28. The Kier molecular flexibility index (Phi) is 9.43. The Morgan fingerprint density at radius 1 is 0.800 bits per heavy atom. The van der Waals surface area contributed by atoms with E-state index in [9.17, 15) is 14.4 Å². The number of nitrogens with one attached hydrogen (secondary N) is 3. The third kappa shape index (κ3) is 6.49. The zero-order chi connectivity index (χ0) is 34.6. The Hall–Kier alpha value is -5.75. The van der Waals surface area contributed by atoms with Crippen molar-refractivity contribution in [1.82, 2.24) is 35.1 Å². The highest BCUT2D eigenvalue weighted by Gasteiger charge is 2.37. The third-order valence-electron chi connectivity index (χ3n) is 9.66. The van der Waals surface area contributed by atoms with Crippen molar-refractivity contribution in [2.45, 2.75) is 43.8 Å². The predicted octanol–water partition coefficient (Wildman–Crippen LogP) is 5.52. The number of hydrogen-bond acceptors (Lipinski definition) is 7. The molecule has 2 aliphatic heterocycles. The van der Waals surface area contributed by atoms with E-state index in [1.807, 2.05) is 59.8 Å². The number of aromatic nitrogens is 4. The van der Waals surface area contributed by atoms with Gasteiger partial charge in [0.1, 0.15) is 17.7 Å². The molecule has 2 aliphatic rings. The van der Waals surface area contributed by atoms with Gasteiger partial charge in [0.15, 0.2) is 0 Å². The third-order valence-corrected chi connectivity index (χ3v) is 9.66. The van der Waals surface area contributed by atoms with Crippen LogP contribution in [0.15, 0.2) is 91.3 Å². The van der Waals surface area contributed by atoms with Gasteiger partial charge in [-0.3, -0.25) is 9.59 Å². The largest absolute Gasteiger partial charge is 0.453 e. The van der Waals surface area contributed by atoms with Crippen LogP contribution in [0.25, 0.3) is 33.6 Å². The summed E-state index contributed by atoms with van der Waals surface area (Å²) in [5.74, 6) is 1.21. The van der Waals surface area contributed by atoms with Crippen LogP contribution >= 0.6 is 0 Å². The molecule has 0 bridgehead atoms. The van der Waals surface area contributed by atoms with Gasteiger partial charge in [0.05, 0.1) is 49.5 Å². The van der Waals surface area contributed by atoms with E-state index in [4.69, 9.17) is 15.5 Å². The van der Waals surface area contributed by atoms with Gasteiger partial charge < -0.3 is 35.6 Å². The molecule has 0 radical (unpaired) electrons. The molecule has 3 aromatic carbocycles. The van der Waals surface area contributed by atoms with Crippen LogP contribution in [0.2, 0.25) is 0 Å². The minimum absolute atomic E-state index is 0.00304. The molecule has 5 N–H and O–H groups in total. The zero-order valence-electron chi connectivity index (χ0n) is 27.8. The van der Waals surface area contributed by atoms with E-state index in [1.54, 1.807) is 4.90 Å². The minimum atomic E-state index is -0.881. The number of methoxy groups -OCH3 is 1. The number of carbonyl (C=O) groups excluding carboxylic acids is 3. The Labute approximate surface area is 290 Å². The van der Waals surface area contributed by atoms with Crippen molar-refractivity contribution >= 4 is 17.9 Å². The standard InChI is InChI=1S/C38H40N8O4/c1-50-38(49)44-34(26-9-3-2-4-10-26)37(48)46-20-8-14-32(46)36-41-23-30(43-36)28-12-6-5-11-27(28)24-15-17-25(18-16-24)29-22-40-35(42-29)31-13-7-19-45(31)33(47)21-39/h2-6,9-12,15-18,22-23,31-32,34H,7-8,13-14,19-21,39H2,1H3,(H,40,42)(H,41,43)(H,44,49)/t31-,32-,34+/m0/s1. The van der Waals surface area contributed by atoms with Gasteiger partial charge in [-0.1, -0.05) is 78.9 Å². The highest BCUT2D eigenvalue weighted by atomic mass is 16.5. The minimum Gasteiger partial charge on any atom is -0.453 e. The van der Waals surface area contributed by atoms with E-state index < -0.39 is 12.1 Å². The van der Waals surface area contributed by atoms with E-state index in [0.717, 1.165) is 65.1 Å². The maximum atomic E-state index is 13.9. The molecule has 0 unspecified atom stereocenters. The molecule has 256 valence electrons. The van der Waals surface area contributed by atoms with Crippen LogP contribution in [-0.2, 0) is 14.3 Å². The molecule has 12 heteroatoms. The second-order valence-corrected chi connectivity index (χ2v) is 12.6. The highest BCUT2D eigenvalue weighted by molar-refractivity contribution is 5.87. The average molecular weight is 673 g/mol. The number of alkyl carbamates (subject to hydrolysis) is 1. The lowest BCUT2D eigenvalue weighted by molar-refractivity contribution is -0.134. The molecule has 7 rings (SSSR count). The summed E-state index contributed by atoms with van der Waals surface area (Å²) in [5, 5.41) is 2.72. The van der Waals surface area contributed by atoms with Gasteiger partial charge in [-0.2, -0.15) is 0 Å². The number of nitrogens with two attached hydrogens (primary N) is 1. The van der Waals surface area contributed by atoms with Crippen LogP contribution in [0, 0.1) is 0 Å². The van der Waals surface area contributed by atoms with Gasteiger partial charge >= 0.3 is 6.09 Å². The Morgan fingerprint density at radius 2 is 1.38 bits per heavy atom. The van der Waals surface area contributed by atoms with Crippen molar-refractivity contribution < 1.29 is 19.1 Å². The first kappa shape index (κ1) is 32.8. The van der Waals surface area contributed by atoms with E-state index in [2.05, 4.69) is 56.7 Å². The lowest BCUT2D eigenvalue weighted by atomic mass is 9.97. The van der Waals surface area contributed by atoms with Gasteiger partial charge in [-0.15, -0.1) is 0 Å². The molecule has 4 heterocycles. The average Bonchev–Trinajstić information content (AvgIpc) is 4.00. The summed E-state index contributed by atoms with van der Waals surface area (Å²) in [6.07, 6.45) is 6.32. The molecule has 50 heavy (non-hydrogen) atoms. The summed E-state index contributed by atoms with van der Waals surface area (Å²) in [6.45, 7) is 1.25. The summed E-state index contributed by atoms with van der Waals surface area (Å²) >= 11 is 0. The quantitative estimate of drug-likeness (QED) is 0.160. The molecule has 0 aliphatic carbocycles. The monoisotopic (exact) mass is 672 g/mol. The van der Waals surface area contributed by atoms with E-state index >= 15 is 0 Å². The second-order valence-electron chi connectivity index (χ2n) is 12.6. The highest BCUT2D eigenvalue weighted by Crippen LogP contribution is 2.37. The van der Waals surface area contributed by atoms with Gasteiger partial charge in [-0.05, 0) is 47.9 Å². The molecule has 3 amide bonds. The van der Waals surface area contributed by atoms with E-state index in [-0.39, 0.29) is 30.4 Å². The van der Waals surface area contributed by atoms with Crippen molar-refractivity contribution in [2.24, 2.45) is 5.73 Å². The van der Waals surface area contributed by atoms with Crippen LogP contribution < -0.4 is 11.1 Å². The maximum absolute atomic E-state index is 13.9. The molecular formula is C38H40N8O4. The number of carbonyl (C=O) groups is 3. The molecule has 2 fully saturated rings. The second kappa shape index (κ2) is 14.4. The van der Waals surface area contributed by atoms with Gasteiger partial charge in [0.25, 0.3) is 5.91 Å². The van der Waals surface area contributed by atoms with Gasteiger partial charge in [-0.25, -0.2) is 14.8 Å². The molecule has 3 atom stereocenters. The summed E-state index contributed by atoms with van der Waals surface area (Å²) in [4.78, 5) is 58.4. The van der Waals surface area contributed by atoms with Gasteiger partial charge in [0.2, 0.25) is 5.91 Å². The number of rotatable bonds is 9.